The third-order valence-electron chi connectivity index (χ3n) is 1.21. The molecule has 7 heavy (non-hydrogen) atoms. The van der Waals surface area contributed by atoms with E-state index in [2.05, 4.69) is 27.2 Å². The molecular weight excluding hydrogens is 79.0 g/mol. The van der Waals surface area contributed by atoms with Crippen LogP contribution in [0.1, 0.15) is 27.2 Å². The molecule has 0 aliphatic rings. The predicted octanol–water partition coefficient (Wildman–Crippen LogP) is 1.61. The molecule has 0 rings (SSSR count). The van der Waals surface area contributed by atoms with Crippen molar-refractivity contribution in [3.8, 4) is 0 Å². The maximum atomic E-state index is 2.22. The molecule has 1 radical (unpaired) electrons. The van der Waals surface area contributed by atoms with E-state index >= 15 is 0 Å². The molecule has 1 heteroatoms. The Morgan fingerprint density at radius 1 is 1.57 bits per heavy atom. The minimum absolute atomic E-state index is 0. The van der Waals surface area contributed by atoms with Gasteiger partial charge in [-0.05, 0) is 12.3 Å². The van der Waals surface area contributed by atoms with Gasteiger partial charge in [0.25, 0.3) is 0 Å². The summed E-state index contributed by atoms with van der Waals surface area (Å²) in [4.78, 5) is 0. The second-order valence-corrected chi connectivity index (χ2v) is 1.72. The summed E-state index contributed by atoms with van der Waals surface area (Å²) < 4.78 is 0. The van der Waals surface area contributed by atoms with Crippen LogP contribution in [0, 0.1) is 12.3 Å². The van der Waals surface area contributed by atoms with Gasteiger partial charge in [0.15, 0.2) is 0 Å². The molecule has 0 aromatic carbocycles. The molecule has 0 aromatic heterocycles. The topological polar surface area (TPSA) is 0 Å². The van der Waals surface area contributed by atoms with Crippen LogP contribution >= 0.6 is 0 Å². The van der Waals surface area contributed by atoms with Crippen LogP contribution in [0.4, 0.5) is 0 Å². The summed E-state index contributed by atoms with van der Waals surface area (Å²) in [6.45, 7) is 6.53. The van der Waals surface area contributed by atoms with Crippen molar-refractivity contribution in [1.29, 1.82) is 0 Å². The first-order valence-electron chi connectivity index (χ1n) is 2.60. The van der Waals surface area contributed by atoms with Crippen LogP contribution in [0.15, 0.2) is 0 Å². The third kappa shape index (κ3) is 6.60. The first-order chi connectivity index (χ1) is 2.81. The average Bonchev–Trinajstić information content (AvgIpc) is 1.65. The molecule has 0 amide bonds. The quantitative estimate of drug-likeness (QED) is 0.455. The zero-order valence-electron chi connectivity index (χ0n) is 4.86. The van der Waals surface area contributed by atoms with Gasteiger partial charge in [0, 0.05) is 0 Å². The molecule has 0 heterocycles. The van der Waals surface area contributed by atoms with E-state index in [9.17, 15) is 0 Å². The van der Waals surface area contributed by atoms with Gasteiger partial charge in [-0.1, -0.05) is 27.2 Å². The van der Waals surface area contributed by atoms with Crippen molar-refractivity contribution < 1.29 is 0 Å². The molecule has 0 bridgehead atoms. The second kappa shape index (κ2) is 6.60. The summed E-state index contributed by atoms with van der Waals surface area (Å²) in [6, 6.07) is 0. The Morgan fingerprint density at radius 3 is 2.00 bits per heavy atom. The molecule has 0 saturated carbocycles. The van der Waals surface area contributed by atoms with Crippen molar-refractivity contribution in [1.82, 2.24) is 0 Å². The van der Waals surface area contributed by atoms with Gasteiger partial charge in [0.2, 0.25) is 0 Å². The van der Waals surface area contributed by atoms with Gasteiger partial charge < -0.3 is 0 Å². The van der Waals surface area contributed by atoms with Crippen LogP contribution in [0.3, 0.4) is 0 Å². The first-order valence-corrected chi connectivity index (χ1v) is 2.60. The van der Waals surface area contributed by atoms with E-state index in [4.69, 9.17) is 0 Å². The van der Waals surface area contributed by atoms with Crippen LogP contribution in [0.5, 0.6) is 0 Å². The molecule has 1 atom stereocenters. The zero-order chi connectivity index (χ0) is 4.99. The molecule has 1 unspecified atom stereocenters. The molecule has 0 aliphatic heterocycles. The van der Waals surface area contributed by atoms with E-state index in [0.29, 0.717) is 0 Å². The van der Waals surface area contributed by atoms with Gasteiger partial charge in [-0.2, -0.15) is 0 Å². The molecule has 0 aromatic rings. The summed E-state index contributed by atoms with van der Waals surface area (Å²) in [5.74, 6) is 0.810. The Kier molecular flexibility index (Phi) is 9.95. The van der Waals surface area contributed by atoms with Gasteiger partial charge >= 0.3 is 18.9 Å². The Hall–Kier alpha value is 0.597. The van der Waals surface area contributed by atoms with E-state index in [1.807, 2.05) is 0 Å². The SMILES string of the molecule is C[CH]C(C)CC.[LiH]. The van der Waals surface area contributed by atoms with Crippen molar-refractivity contribution in [2.75, 3.05) is 0 Å². The summed E-state index contributed by atoms with van der Waals surface area (Å²) >= 11 is 0. The van der Waals surface area contributed by atoms with Gasteiger partial charge in [0.05, 0.1) is 0 Å². The monoisotopic (exact) mass is 93.1 g/mol. The van der Waals surface area contributed by atoms with Crippen LogP contribution in [-0.4, -0.2) is 18.9 Å². The van der Waals surface area contributed by atoms with Crippen molar-refractivity contribution >= 4 is 18.9 Å². The molecule has 0 N–H and O–H groups in total. The van der Waals surface area contributed by atoms with Crippen LogP contribution in [-0.2, 0) is 0 Å². The van der Waals surface area contributed by atoms with E-state index in [0.717, 1.165) is 5.92 Å². The van der Waals surface area contributed by atoms with Crippen molar-refractivity contribution in [2.45, 2.75) is 27.2 Å². The average molecular weight is 93.1 g/mol. The fourth-order valence-corrected chi connectivity index (χ4v) is 0.236. The maximum absolute atomic E-state index is 2.22. The van der Waals surface area contributed by atoms with E-state index in [1.54, 1.807) is 0 Å². The Labute approximate surface area is 58.9 Å². The molecule has 39 valence electrons. The molecule has 0 saturated heterocycles. The van der Waals surface area contributed by atoms with Gasteiger partial charge in [-0.3, -0.25) is 0 Å². The van der Waals surface area contributed by atoms with E-state index in [1.165, 1.54) is 6.42 Å². The minimum atomic E-state index is 0. The Bertz CT molecular complexity index is 23.4. The fourth-order valence-electron chi connectivity index (χ4n) is 0.236. The van der Waals surface area contributed by atoms with Gasteiger partial charge in [0.1, 0.15) is 0 Å². The van der Waals surface area contributed by atoms with Crippen molar-refractivity contribution in [3.05, 3.63) is 6.42 Å². The third-order valence-corrected chi connectivity index (χ3v) is 1.21. The Morgan fingerprint density at radius 2 is 2.00 bits per heavy atom. The standard InChI is InChI=1S/C6H13.Li.H/c1-4-6(3)5-2;;/h4,6H,5H2,1-3H3;;. The summed E-state index contributed by atoms with van der Waals surface area (Å²) in [6.07, 6.45) is 3.50. The summed E-state index contributed by atoms with van der Waals surface area (Å²) in [7, 11) is 0. The number of hydrogen-bond donors (Lipinski definition) is 0. The number of rotatable bonds is 2. The first kappa shape index (κ1) is 10.6. The zero-order valence-corrected chi connectivity index (χ0v) is 4.86. The number of hydrogen-bond acceptors (Lipinski definition) is 0. The van der Waals surface area contributed by atoms with Crippen molar-refractivity contribution in [2.24, 2.45) is 5.92 Å². The normalized spacial score (nSPS) is 8.57. The van der Waals surface area contributed by atoms with Crippen LogP contribution in [0.2, 0.25) is 0 Å². The molecule has 0 aliphatic carbocycles. The molecule has 0 spiro atoms. The second-order valence-electron chi connectivity index (χ2n) is 1.72. The molecular formula is C6H14Li. The predicted molar refractivity (Wildman–Crippen MR) is 36.6 cm³/mol. The van der Waals surface area contributed by atoms with Crippen LogP contribution in [0.25, 0.3) is 0 Å². The van der Waals surface area contributed by atoms with E-state index < -0.39 is 0 Å². The van der Waals surface area contributed by atoms with E-state index in [-0.39, 0.29) is 18.9 Å². The van der Waals surface area contributed by atoms with Gasteiger partial charge in [-0.15, -0.1) is 0 Å². The Balaban J connectivity index is 0. The fraction of sp³-hybridized carbons (Fsp3) is 0.833. The molecule has 0 nitrogen and oxygen atoms in total. The summed E-state index contributed by atoms with van der Waals surface area (Å²) in [5, 5.41) is 0. The molecule has 0 fully saturated rings. The van der Waals surface area contributed by atoms with Crippen LogP contribution < -0.4 is 0 Å². The summed E-state index contributed by atoms with van der Waals surface area (Å²) in [5.41, 5.74) is 0. The van der Waals surface area contributed by atoms with Crippen molar-refractivity contribution in [3.63, 3.8) is 0 Å². The van der Waals surface area contributed by atoms with Gasteiger partial charge in [-0.25, -0.2) is 0 Å².